The molecule has 0 saturated carbocycles. The SMILES string of the molecule is CCS(=O)(=O)CCN1CCC(C(C)(C)O)CC1. The lowest BCUT2D eigenvalue weighted by molar-refractivity contribution is -0.0117. The van der Waals surface area contributed by atoms with Crippen molar-refractivity contribution in [3.8, 4) is 0 Å². The van der Waals surface area contributed by atoms with Crippen molar-refractivity contribution in [1.29, 1.82) is 0 Å². The molecule has 1 aliphatic heterocycles. The van der Waals surface area contributed by atoms with Crippen LogP contribution in [0, 0.1) is 5.92 Å². The van der Waals surface area contributed by atoms with Crippen LogP contribution in [-0.4, -0.2) is 55.2 Å². The number of hydrogen-bond donors (Lipinski definition) is 1. The van der Waals surface area contributed by atoms with Crippen molar-refractivity contribution < 1.29 is 13.5 Å². The molecule has 0 aromatic rings. The van der Waals surface area contributed by atoms with E-state index in [1.807, 2.05) is 13.8 Å². The van der Waals surface area contributed by atoms with Crippen LogP contribution in [0.3, 0.4) is 0 Å². The third-order valence-electron chi connectivity index (χ3n) is 3.74. The molecule has 17 heavy (non-hydrogen) atoms. The summed E-state index contributed by atoms with van der Waals surface area (Å²) in [6, 6.07) is 0. The summed E-state index contributed by atoms with van der Waals surface area (Å²) >= 11 is 0. The zero-order chi connectivity index (χ0) is 13.1. The van der Waals surface area contributed by atoms with Gasteiger partial charge in [0.25, 0.3) is 0 Å². The average Bonchev–Trinajstić information content (AvgIpc) is 2.26. The summed E-state index contributed by atoms with van der Waals surface area (Å²) in [6.45, 7) is 7.83. The Balaban J connectivity index is 2.34. The van der Waals surface area contributed by atoms with E-state index in [1.54, 1.807) is 6.92 Å². The molecule has 1 aliphatic rings. The summed E-state index contributed by atoms with van der Waals surface area (Å²) in [6.07, 6.45) is 1.91. The fraction of sp³-hybridized carbons (Fsp3) is 1.00. The van der Waals surface area contributed by atoms with E-state index in [2.05, 4.69) is 4.90 Å². The van der Waals surface area contributed by atoms with Crippen LogP contribution in [-0.2, 0) is 9.84 Å². The molecule has 102 valence electrons. The van der Waals surface area contributed by atoms with Gasteiger partial charge in [0, 0.05) is 12.3 Å². The van der Waals surface area contributed by atoms with E-state index in [4.69, 9.17) is 0 Å². The van der Waals surface area contributed by atoms with Gasteiger partial charge in [-0.3, -0.25) is 0 Å². The molecule has 0 radical (unpaired) electrons. The molecule has 0 aromatic heterocycles. The van der Waals surface area contributed by atoms with E-state index >= 15 is 0 Å². The highest BCUT2D eigenvalue weighted by atomic mass is 32.2. The van der Waals surface area contributed by atoms with Gasteiger partial charge in [-0.15, -0.1) is 0 Å². The van der Waals surface area contributed by atoms with Crippen LogP contribution in [0.1, 0.15) is 33.6 Å². The van der Waals surface area contributed by atoms with Crippen LogP contribution in [0.5, 0.6) is 0 Å². The molecule has 0 amide bonds. The van der Waals surface area contributed by atoms with Gasteiger partial charge in [0.05, 0.1) is 11.4 Å². The van der Waals surface area contributed by atoms with Crippen molar-refractivity contribution in [2.24, 2.45) is 5.92 Å². The predicted molar refractivity (Wildman–Crippen MR) is 69.8 cm³/mol. The first-order valence-electron chi connectivity index (χ1n) is 6.40. The van der Waals surface area contributed by atoms with E-state index in [0.29, 0.717) is 12.5 Å². The molecule has 0 atom stereocenters. The highest BCUT2D eigenvalue weighted by molar-refractivity contribution is 7.91. The van der Waals surface area contributed by atoms with Gasteiger partial charge in [-0.05, 0) is 45.7 Å². The standard InChI is InChI=1S/C12H25NO3S/c1-4-17(15,16)10-9-13-7-5-11(6-8-13)12(2,3)14/h11,14H,4-10H2,1-3H3. The third kappa shape index (κ3) is 4.94. The molecule has 1 heterocycles. The Hall–Kier alpha value is -0.130. The van der Waals surface area contributed by atoms with Crippen LogP contribution < -0.4 is 0 Å². The molecule has 0 aliphatic carbocycles. The first-order chi connectivity index (χ1) is 7.74. The number of piperidine rings is 1. The van der Waals surface area contributed by atoms with Gasteiger partial charge in [0.1, 0.15) is 0 Å². The first kappa shape index (κ1) is 14.9. The lowest BCUT2D eigenvalue weighted by Gasteiger charge is -2.37. The van der Waals surface area contributed by atoms with Gasteiger partial charge >= 0.3 is 0 Å². The molecule has 0 aromatic carbocycles. The lowest BCUT2D eigenvalue weighted by atomic mass is 9.83. The van der Waals surface area contributed by atoms with Gasteiger partial charge in [-0.25, -0.2) is 8.42 Å². The fourth-order valence-corrected chi connectivity index (χ4v) is 3.10. The van der Waals surface area contributed by atoms with Crippen LogP contribution in [0.15, 0.2) is 0 Å². The van der Waals surface area contributed by atoms with Crippen molar-refractivity contribution in [2.45, 2.75) is 39.2 Å². The quantitative estimate of drug-likeness (QED) is 0.801. The Kier molecular flexibility index (Phi) is 4.98. The number of rotatable bonds is 5. The second kappa shape index (κ2) is 5.67. The first-order valence-corrected chi connectivity index (χ1v) is 8.22. The highest BCUT2D eigenvalue weighted by Gasteiger charge is 2.30. The molecule has 0 spiro atoms. The van der Waals surface area contributed by atoms with E-state index in [1.165, 1.54) is 0 Å². The Bertz CT molecular complexity index is 324. The number of aliphatic hydroxyl groups is 1. The summed E-state index contributed by atoms with van der Waals surface area (Å²) in [5.41, 5.74) is -0.610. The van der Waals surface area contributed by atoms with Gasteiger partial charge in [0.15, 0.2) is 9.84 Å². The largest absolute Gasteiger partial charge is 0.390 e. The summed E-state index contributed by atoms with van der Waals surface area (Å²) in [5, 5.41) is 9.91. The molecule has 1 rings (SSSR count). The van der Waals surface area contributed by atoms with Crippen LogP contribution in [0.25, 0.3) is 0 Å². The molecular formula is C12H25NO3S. The molecular weight excluding hydrogens is 238 g/mol. The van der Waals surface area contributed by atoms with Crippen molar-refractivity contribution in [2.75, 3.05) is 31.1 Å². The number of nitrogens with zero attached hydrogens (tertiary/aromatic N) is 1. The Morgan fingerprint density at radius 2 is 1.82 bits per heavy atom. The van der Waals surface area contributed by atoms with Gasteiger partial charge in [0.2, 0.25) is 0 Å². The monoisotopic (exact) mass is 263 g/mol. The number of hydrogen-bond acceptors (Lipinski definition) is 4. The highest BCUT2D eigenvalue weighted by Crippen LogP contribution is 2.27. The maximum atomic E-state index is 11.4. The molecule has 1 fully saturated rings. The predicted octanol–water partition coefficient (Wildman–Crippen LogP) is 0.904. The molecule has 5 heteroatoms. The summed E-state index contributed by atoms with van der Waals surface area (Å²) in [4.78, 5) is 2.19. The fourth-order valence-electron chi connectivity index (χ4n) is 2.28. The van der Waals surface area contributed by atoms with Crippen molar-refractivity contribution in [1.82, 2.24) is 4.90 Å². The number of likely N-dealkylation sites (tertiary alicyclic amines) is 1. The third-order valence-corrected chi connectivity index (χ3v) is 5.43. The minimum absolute atomic E-state index is 0.229. The van der Waals surface area contributed by atoms with Gasteiger partial charge in [-0.2, -0.15) is 0 Å². The Labute approximate surface area is 105 Å². The molecule has 1 N–H and O–H groups in total. The zero-order valence-electron chi connectivity index (χ0n) is 11.1. The van der Waals surface area contributed by atoms with E-state index in [-0.39, 0.29) is 11.5 Å². The lowest BCUT2D eigenvalue weighted by Crippen LogP contribution is -2.43. The van der Waals surface area contributed by atoms with Crippen LogP contribution in [0.2, 0.25) is 0 Å². The molecule has 0 unspecified atom stereocenters. The zero-order valence-corrected chi connectivity index (χ0v) is 12.0. The van der Waals surface area contributed by atoms with Gasteiger partial charge in [-0.1, -0.05) is 6.92 Å². The summed E-state index contributed by atoms with van der Waals surface area (Å²) in [7, 11) is -2.85. The second-order valence-electron chi connectivity index (χ2n) is 5.51. The van der Waals surface area contributed by atoms with Crippen molar-refractivity contribution in [3.63, 3.8) is 0 Å². The number of sulfone groups is 1. The molecule has 4 nitrogen and oxygen atoms in total. The Morgan fingerprint density at radius 1 is 1.29 bits per heavy atom. The minimum atomic E-state index is -2.85. The van der Waals surface area contributed by atoms with Crippen molar-refractivity contribution in [3.05, 3.63) is 0 Å². The van der Waals surface area contributed by atoms with Crippen LogP contribution in [0.4, 0.5) is 0 Å². The maximum absolute atomic E-state index is 11.4. The molecule has 0 bridgehead atoms. The molecule has 1 saturated heterocycles. The topological polar surface area (TPSA) is 57.6 Å². The summed E-state index contributed by atoms with van der Waals surface area (Å²) < 4.78 is 22.8. The minimum Gasteiger partial charge on any atom is -0.390 e. The summed E-state index contributed by atoms with van der Waals surface area (Å²) in [5.74, 6) is 0.825. The maximum Gasteiger partial charge on any atom is 0.151 e. The Morgan fingerprint density at radius 3 is 2.24 bits per heavy atom. The average molecular weight is 263 g/mol. The van der Waals surface area contributed by atoms with Gasteiger partial charge < -0.3 is 10.0 Å². The second-order valence-corrected chi connectivity index (χ2v) is 7.98. The smallest absolute Gasteiger partial charge is 0.151 e. The van der Waals surface area contributed by atoms with E-state index < -0.39 is 15.4 Å². The van der Waals surface area contributed by atoms with E-state index in [9.17, 15) is 13.5 Å². The van der Waals surface area contributed by atoms with Crippen molar-refractivity contribution >= 4 is 9.84 Å². The van der Waals surface area contributed by atoms with Crippen LogP contribution >= 0.6 is 0 Å². The normalized spacial score (nSPS) is 20.7. The van der Waals surface area contributed by atoms with E-state index in [0.717, 1.165) is 25.9 Å².